The summed E-state index contributed by atoms with van der Waals surface area (Å²) < 4.78 is 0. The fourth-order valence-electron chi connectivity index (χ4n) is 1.20. The first-order valence-corrected chi connectivity index (χ1v) is 31.7. The van der Waals surface area contributed by atoms with E-state index in [4.69, 9.17) is 0 Å². The van der Waals surface area contributed by atoms with Gasteiger partial charge < -0.3 is 0 Å². The topological polar surface area (TPSA) is 0 Å². The summed E-state index contributed by atoms with van der Waals surface area (Å²) in [5, 5.41) is 0. The fourth-order valence-corrected chi connectivity index (χ4v) is 1.20. The number of rotatable bonds is 0. The summed E-state index contributed by atoms with van der Waals surface area (Å²) in [6.07, 6.45) is 0. The Labute approximate surface area is 194 Å². The number of benzene rings is 1. The van der Waals surface area contributed by atoms with Crippen LogP contribution in [0, 0.1) is 20.8 Å². The third-order valence-corrected chi connectivity index (χ3v) is 1.37. The van der Waals surface area contributed by atoms with Crippen molar-refractivity contribution in [3.05, 3.63) is 34.9 Å². The van der Waals surface area contributed by atoms with Crippen LogP contribution in [0.25, 0.3) is 0 Å². The predicted molar refractivity (Wildman–Crippen MR) is 124 cm³/mol. The van der Waals surface area contributed by atoms with Gasteiger partial charge in [-0.3, -0.25) is 0 Å². The Morgan fingerprint density at radius 1 is 0.650 bits per heavy atom. The van der Waals surface area contributed by atoms with Gasteiger partial charge in [0.15, 0.2) is 0 Å². The zero-order valence-corrected chi connectivity index (χ0v) is 27.5. The third kappa shape index (κ3) is 38.4. The average molecular weight is 861 g/mol. The average Bonchev–Trinajstić information content (AvgIpc) is 2.13. The molecule has 0 amide bonds. The molecule has 0 heterocycles. The number of hydrogen-bond acceptors (Lipinski definition) is 0. The first-order valence-electron chi connectivity index (χ1n) is 4.92. The van der Waals surface area contributed by atoms with Crippen LogP contribution in [0.2, 0.25) is 0 Å². The second-order valence-electron chi connectivity index (χ2n) is 3.23. The fraction of sp³-hybridized carbons (Fsp3) is 0.333. The van der Waals surface area contributed by atoms with E-state index in [0.29, 0.717) is 0 Å². The SMILES string of the molecule is Cc1cc(C)cc(C)c1.[Br][Al]([Br])[Br].[Br][Al]([Br])[Br].[Br][Ti][Br]. The molecule has 1 aromatic carbocycles. The molecule has 0 saturated carbocycles. The zero-order chi connectivity index (χ0) is 16.7. The van der Waals surface area contributed by atoms with E-state index in [1.165, 1.54) is 16.7 Å². The normalized spacial score (nSPS) is 7.75. The summed E-state index contributed by atoms with van der Waals surface area (Å²) >= 11 is 26.0. The van der Waals surface area contributed by atoms with E-state index >= 15 is 0 Å². The number of hydrogen-bond donors (Lipinski definition) is 0. The van der Waals surface area contributed by atoms with Crippen molar-refractivity contribution in [2.45, 2.75) is 20.8 Å². The summed E-state index contributed by atoms with van der Waals surface area (Å²) in [5.74, 6) is 0. The summed E-state index contributed by atoms with van der Waals surface area (Å²) in [5.41, 5.74) is 4.06. The van der Waals surface area contributed by atoms with Gasteiger partial charge in [-0.2, -0.15) is 84.3 Å². The molecule has 0 unspecified atom stereocenters. The van der Waals surface area contributed by atoms with Gasteiger partial charge in [0.2, 0.25) is 0 Å². The molecule has 0 fully saturated rings. The van der Waals surface area contributed by atoms with E-state index in [0.717, 1.165) is 0 Å². The van der Waals surface area contributed by atoms with Gasteiger partial charge >= 0.3 is 58.6 Å². The van der Waals surface area contributed by atoms with E-state index in [1.54, 1.807) is 0 Å². The van der Waals surface area contributed by atoms with Crippen LogP contribution >= 0.6 is 111 Å². The van der Waals surface area contributed by atoms with Gasteiger partial charge in [0.25, 0.3) is 0 Å². The molecule has 1 aromatic rings. The molecule has 0 aliphatic heterocycles. The minimum atomic E-state index is -0.701. The maximum absolute atomic E-state index is 3.24. The second-order valence-corrected chi connectivity index (χ2v) is 50.7. The first-order chi connectivity index (χ1) is 9.06. The molecule has 0 aliphatic rings. The minimum absolute atomic E-state index is 0.125. The Morgan fingerprint density at radius 2 is 0.750 bits per heavy atom. The number of aryl methyl sites for hydroxylation is 3. The Hall–Kier alpha value is 4.84. The van der Waals surface area contributed by atoms with E-state index in [1.807, 2.05) is 0 Å². The van der Waals surface area contributed by atoms with E-state index in [2.05, 4.69) is 150 Å². The quantitative estimate of drug-likeness (QED) is 0.230. The van der Waals surface area contributed by atoms with Crippen molar-refractivity contribution in [1.82, 2.24) is 0 Å². The molecule has 114 valence electrons. The molecule has 0 aromatic heterocycles. The molecule has 20 heavy (non-hydrogen) atoms. The van der Waals surface area contributed by atoms with Crippen LogP contribution in [-0.2, 0) is 15.0 Å². The zero-order valence-electron chi connectivity index (χ0n) is 10.9. The molecular weight excluding hydrogens is 849 g/mol. The molecule has 0 bridgehead atoms. The Kier molecular flexibility index (Phi) is 32.4. The van der Waals surface area contributed by atoms with Crippen LogP contribution in [0.4, 0.5) is 0 Å². The number of halogens is 8. The van der Waals surface area contributed by atoms with Crippen molar-refractivity contribution in [3.63, 3.8) is 0 Å². The van der Waals surface area contributed by atoms with Gasteiger partial charge in [0.05, 0.1) is 0 Å². The standard InChI is InChI=1S/C9H12.2Al.8BrH.Ti/c1-7-4-8(2)6-9(3)5-7;;;;;;;;;;;/h4-6H,1-3H3;;;8*1H;/q;2*+3;;;;;;;;;+2/p-8. The second kappa shape index (κ2) is 21.9. The summed E-state index contributed by atoms with van der Waals surface area (Å²) in [6.45, 7) is 6.38. The van der Waals surface area contributed by atoms with Crippen LogP contribution in [0.5, 0.6) is 0 Å². The third-order valence-electron chi connectivity index (χ3n) is 1.37. The van der Waals surface area contributed by atoms with Crippen molar-refractivity contribution < 1.29 is 15.0 Å². The molecule has 0 nitrogen and oxygen atoms in total. The van der Waals surface area contributed by atoms with Gasteiger partial charge in [-0.1, -0.05) is 34.9 Å². The predicted octanol–water partition coefficient (Wildman–Crippen LogP) is 8.61. The molecule has 0 atom stereocenters. The van der Waals surface area contributed by atoms with Crippen LogP contribution < -0.4 is 0 Å². The van der Waals surface area contributed by atoms with Crippen LogP contribution in [0.3, 0.4) is 0 Å². The van der Waals surface area contributed by atoms with Crippen LogP contribution in [-0.4, -0.2) is 17.3 Å². The van der Waals surface area contributed by atoms with Gasteiger partial charge in [-0.15, -0.1) is 0 Å². The molecule has 11 heteroatoms. The van der Waals surface area contributed by atoms with Crippen molar-refractivity contribution >= 4 is 128 Å². The van der Waals surface area contributed by atoms with Crippen molar-refractivity contribution in [1.29, 1.82) is 0 Å². The Balaban J connectivity index is -0.000000223. The first kappa shape index (κ1) is 29.6. The Morgan fingerprint density at radius 3 is 0.850 bits per heavy atom. The Bertz CT molecular complexity index is 265. The van der Waals surface area contributed by atoms with E-state index < -0.39 is 17.3 Å². The molecule has 0 radical (unpaired) electrons. The van der Waals surface area contributed by atoms with Gasteiger partial charge in [-0.25, -0.2) is 0 Å². The summed E-state index contributed by atoms with van der Waals surface area (Å²) in [7, 11) is -1.40. The molecule has 0 aliphatic carbocycles. The van der Waals surface area contributed by atoms with Crippen molar-refractivity contribution in [2.24, 2.45) is 0 Å². The van der Waals surface area contributed by atoms with Crippen LogP contribution in [0.1, 0.15) is 16.7 Å². The van der Waals surface area contributed by atoms with Gasteiger partial charge in [-0.05, 0) is 20.8 Å². The molecule has 0 saturated heterocycles. The van der Waals surface area contributed by atoms with Gasteiger partial charge in [0.1, 0.15) is 0 Å². The van der Waals surface area contributed by atoms with E-state index in [-0.39, 0.29) is 15.0 Å². The molecule has 1 rings (SSSR count). The molecule has 0 spiro atoms. The summed E-state index contributed by atoms with van der Waals surface area (Å²) in [6, 6.07) is 6.56. The van der Waals surface area contributed by atoms with Crippen LogP contribution in [0.15, 0.2) is 18.2 Å². The van der Waals surface area contributed by atoms with E-state index in [9.17, 15) is 0 Å². The van der Waals surface area contributed by atoms with Crippen molar-refractivity contribution in [2.75, 3.05) is 0 Å². The van der Waals surface area contributed by atoms with Gasteiger partial charge in [0, 0.05) is 0 Å². The van der Waals surface area contributed by atoms with Crippen molar-refractivity contribution in [3.8, 4) is 0 Å². The summed E-state index contributed by atoms with van der Waals surface area (Å²) in [4.78, 5) is 0. The molecule has 0 N–H and O–H groups in total. The maximum atomic E-state index is 3.24. The molecular formula is C9H12Al2Br8Ti. The monoisotopic (exact) mass is 853 g/mol.